The third-order valence-corrected chi connectivity index (χ3v) is 9.86. The largest absolute Gasteiger partial charge is 0.488 e. The summed E-state index contributed by atoms with van der Waals surface area (Å²) >= 11 is 3.55. The maximum absolute atomic E-state index is 13.5. The number of sulfone groups is 1. The number of nitrogens with one attached hydrogen (secondary N) is 2. The number of pyridine rings is 1. The molecule has 0 saturated heterocycles. The summed E-state index contributed by atoms with van der Waals surface area (Å²) in [4.78, 5) is 12.2. The van der Waals surface area contributed by atoms with E-state index in [4.69, 9.17) is 14.1 Å². The lowest BCUT2D eigenvalue weighted by atomic mass is 10.1. The van der Waals surface area contributed by atoms with E-state index in [9.17, 15) is 12.8 Å². The van der Waals surface area contributed by atoms with Gasteiger partial charge in [0.15, 0.2) is 21.4 Å². The summed E-state index contributed by atoms with van der Waals surface area (Å²) in [5.74, 6) is 1.13. The van der Waals surface area contributed by atoms with Gasteiger partial charge in [0.05, 0.1) is 22.4 Å². The molecule has 0 saturated carbocycles. The predicted molar refractivity (Wildman–Crippen MR) is 164 cm³/mol. The van der Waals surface area contributed by atoms with Crippen molar-refractivity contribution in [2.24, 2.45) is 0 Å². The minimum Gasteiger partial charge on any atom is -0.488 e. The smallest absolute Gasteiger partial charge is 0.198 e. The number of nitrogens with zero attached hydrogens (tertiary/aromatic N) is 3. The van der Waals surface area contributed by atoms with Gasteiger partial charge in [-0.05, 0) is 77.4 Å². The van der Waals surface area contributed by atoms with Gasteiger partial charge >= 0.3 is 0 Å². The molecule has 2 aromatic carbocycles. The van der Waals surface area contributed by atoms with Crippen LogP contribution in [0.2, 0.25) is 0 Å². The molecule has 1 unspecified atom stereocenters. The number of hydrogen-bond acceptors (Lipinski definition) is 9. The lowest BCUT2D eigenvalue weighted by Crippen LogP contribution is -2.47. The van der Waals surface area contributed by atoms with Gasteiger partial charge in [-0.25, -0.2) is 22.8 Å². The van der Waals surface area contributed by atoms with Gasteiger partial charge in [0.1, 0.15) is 28.9 Å². The molecule has 0 aliphatic heterocycles. The van der Waals surface area contributed by atoms with Gasteiger partial charge in [-0.2, -0.15) is 0 Å². The first-order valence-electron chi connectivity index (χ1n) is 13.3. The minimum atomic E-state index is -3.60. The lowest BCUT2D eigenvalue weighted by Gasteiger charge is -2.29. The predicted octanol–water partition coefficient (Wildman–Crippen LogP) is 6.73. The topological polar surface area (TPSA) is 119 Å². The number of fused-ring (bicyclic) bond motifs is 1. The van der Waals surface area contributed by atoms with E-state index in [1.54, 1.807) is 56.6 Å². The van der Waals surface area contributed by atoms with Crippen LogP contribution in [0.4, 0.5) is 15.9 Å². The average molecular weight is 655 g/mol. The summed E-state index contributed by atoms with van der Waals surface area (Å²) in [6.45, 7) is 5.72. The van der Waals surface area contributed by atoms with Crippen LogP contribution in [-0.4, -0.2) is 35.7 Å². The van der Waals surface area contributed by atoms with E-state index in [1.807, 2.05) is 19.1 Å². The van der Waals surface area contributed by atoms with Gasteiger partial charge in [0, 0.05) is 28.6 Å². The third-order valence-electron chi connectivity index (χ3n) is 6.88. The van der Waals surface area contributed by atoms with Crippen LogP contribution >= 0.6 is 15.9 Å². The average Bonchev–Trinajstić information content (AvgIpc) is 3.48. The Morgan fingerprint density at radius 2 is 1.93 bits per heavy atom. The molecule has 1 atom stereocenters. The van der Waals surface area contributed by atoms with Crippen molar-refractivity contribution >= 4 is 48.2 Å². The number of anilines is 2. The number of hydrogen-bond donors (Lipinski definition) is 2. The Balaban J connectivity index is 1.50. The molecule has 3 aromatic heterocycles. The zero-order valence-electron chi connectivity index (χ0n) is 23.2. The Hall–Kier alpha value is -3.87. The lowest BCUT2D eigenvalue weighted by molar-refractivity contribution is 0.303. The Bertz CT molecular complexity index is 1850. The van der Waals surface area contributed by atoms with Crippen molar-refractivity contribution in [3.8, 4) is 17.3 Å². The molecule has 5 rings (SSSR count). The van der Waals surface area contributed by atoms with Crippen molar-refractivity contribution in [3.05, 3.63) is 94.7 Å². The van der Waals surface area contributed by atoms with Crippen molar-refractivity contribution < 1.29 is 22.0 Å². The Kier molecular flexibility index (Phi) is 8.58. The highest BCUT2D eigenvalue weighted by atomic mass is 79.9. The summed E-state index contributed by atoms with van der Waals surface area (Å²) in [5, 5.41) is 7.16. The number of rotatable bonds is 11. The van der Waals surface area contributed by atoms with Crippen LogP contribution in [0.1, 0.15) is 31.9 Å². The maximum atomic E-state index is 13.5. The van der Waals surface area contributed by atoms with Crippen molar-refractivity contribution in [1.29, 1.82) is 0 Å². The zero-order chi connectivity index (χ0) is 29.9. The summed E-state index contributed by atoms with van der Waals surface area (Å²) in [7, 11) is -3.60. The third kappa shape index (κ3) is 5.87. The molecule has 2 N–H and O–H groups in total. The van der Waals surface area contributed by atoms with E-state index in [2.05, 4.69) is 36.5 Å². The Morgan fingerprint density at radius 3 is 2.67 bits per heavy atom. The van der Waals surface area contributed by atoms with E-state index in [-0.39, 0.29) is 29.8 Å². The number of ether oxygens (including phenoxy) is 1. The summed E-state index contributed by atoms with van der Waals surface area (Å²) < 4.78 is 52.3. The molecular formula is C30H29BrFN5O4S. The normalized spacial score (nSPS) is 13.2. The molecule has 5 aromatic rings. The zero-order valence-corrected chi connectivity index (χ0v) is 25.6. The van der Waals surface area contributed by atoms with Crippen LogP contribution in [0.3, 0.4) is 0 Å². The number of benzene rings is 2. The van der Waals surface area contributed by atoms with Crippen LogP contribution in [0.25, 0.3) is 22.5 Å². The van der Waals surface area contributed by atoms with E-state index < -0.39 is 14.7 Å². The Morgan fingerprint density at radius 1 is 1.10 bits per heavy atom. The van der Waals surface area contributed by atoms with Crippen LogP contribution < -0.4 is 15.4 Å². The molecule has 42 heavy (non-hydrogen) atoms. The van der Waals surface area contributed by atoms with Gasteiger partial charge in [0.2, 0.25) is 0 Å². The van der Waals surface area contributed by atoms with Crippen LogP contribution in [0.15, 0.2) is 82.1 Å². The molecule has 0 radical (unpaired) electrons. The standard InChI is InChI=1S/C30H29BrFN5O4S/c1-4-34-30(3,42(38,39)5-2)23-12-14-40-27(23)29-36-25-17-33-13-11-22(25)28(37-29)35-21-9-10-26(24(31)16-21)41-18-19-7-6-8-20(32)15-19/h6-17,34H,4-5,18H2,1-3H3,(H,35,36,37). The first-order chi connectivity index (χ1) is 20.1. The molecule has 0 bridgehead atoms. The maximum Gasteiger partial charge on any atom is 0.198 e. The van der Waals surface area contributed by atoms with Crippen molar-refractivity contribution in [1.82, 2.24) is 20.3 Å². The van der Waals surface area contributed by atoms with Crippen molar-refractivity contribution in [2.45, 2.75) is 32.2 Å². The number of halogens is 2. The monoisotopic (exact) mass is 653 g/mol. The molecule has 0 aliphatic rings. The highest BCUT2D eigenvalue weighted by Crippen LogP contribution is 2.38. The molecule has 9 nitrogen and oxygen atoms in total. The molecule has 0 spiro atoms. The van der Waals surface area contributed by atoms with E-state index in [0.29, 0.717) is 50.3 Å². The number of furan rings is 1. The van der Waals surface area contributed by atoms with Gasteiger partial charge in [-0.3, -0.25) is 10.3 Å². The van der Waals surface area contributed by atoms with Crippen molar-refractivity contribution in [2.75, 3.05) is 17.6 Å². The highest BCUT2D eigenvalue weighted by Gasteiger charge is 2.42. The van der Waals surface area contributed by atoms with Gasteiger partial charge in [-0.1, -0.05) is 26.0 Å². The fourth-order valence-electron chi connectivity index (χ4n) is 4.65. The van der Waals surface area contributed by atoms with Gasteiger partial charge in [0.25, 0.3) is 0 Å². The van der Waals surface area contributed by atoms with Crippen molar-refractivity contribution in [3.63, 3.8) is 0 Å². The van der Waals surface area contributed by atoms with E-state index in [1.165, 1.54) is 18.4 Å². The second kappa shape index (κ2) is 12.2. The molecule has 12 heteroatoms. The second-order valence-corrected chi connectivity index (χ2v) is 13.1. The summed E-state index contributed by atoms with van der Waals surface area (Å²) in [5.41, 5.74) is 2.38. The van der Waals surface area contributed by atoms with Gasteiger partial charge in [-0.15, -0.1) is 0 Å². The van der Waals surface area contributed by atoms with E-state index in [0.717, 1.165) is 0 Å². The molecule has 0 amide bonds. The van der Waals surface area contributed by atoms with E-state index >= 15 is 0 Å². The minimum absolute atomic E-state index is 0.0623. The molecular weight excluding hydrogens is 625 g/mol. The van der Waals surface area contributed by atoms with Crippen LogP contribution in [-0.2, 0) is 21.3 Å². The van der Waals surface area contributed by atoms with Gasteiger partial charge < -0.3 is 14.5 Å². The molecule has 0 fully saturated rings. The first kappa shape index (κ1) is 29.6. The highest BCUT2D eigenvalue weighted by molar-refractivity contribution is 9.10. The van der Waals surface area contributed by atoms with Crippen LogP contribution in [0, 0.1) is 5.82 Å². The summed E-state index contributed by atoms with van der Waals surface area (Å²) in [6, 6.07) is 15.1. The second-order valence-electron chi connectivity index (χ2n) is 9.61. The molecule has 218 valence electrons. The molecule has 0 aliphatic carbocycles. The fraction of sp³-hybridized carbons (Fsp3) is 0.233. The Labute approximate surface area is 251 Å². The quantitative estimate of drug-likeness (QED) is 0.160. The first-order valence-corrected chi connectivity index (χ1v) is 15.7. The fourth-order valence-corrected chi connectivity index (χ4v) is 6.59. The molecule has 3 heterocycles. The SMILES string of the molecule is CCNC(C)(c1ccoc1-c1nc(Nc2ccc(OCc3cccc(F)c3)c(Br)c2)c2ccncc2n1)S(=O)(=O)CC. The number of aromatic nitrogens is 3. The summed E-state index contributed by atoms with van der Waals surface area (Å²) in [6.07, 6.45) is 4.69. The van der Waals surface area contributed by atoms with Crippen LogP contribution in [0.5, 0.6) is 5.75 Å².